The summed E-state index contributed by atoms with van der Waals surface area (Å²) in [5, 5.41) is 9.21. The van der Waals surface area contributed by atoms with Crippen LogP contribution in [0.3, 0.4) is 0 Å². The van der Waals surface area contributed by atoms with Crippen LogP contribution in [-0.2, 0) is 12.8 Å². The van der Waals surface area contributed by atoms with E-state index in [1.165, 1.54) is 23.9 Å². The third-order valence-corrected chi connectivity index (χ3v) is 2.49. The highest BCUT2D eigenvalue weighted by Gasteiger charge is 2.15. The third kappa shape index (κ3) is 1.29. The monoisotopic (exact) mass is 163 g/mol. The van der Waals surface area contributed by atoms with Gasteiger partial charge in [0.15, 0.2) is 0 Å². The van der Waals surface area contributed by atoms with E-state index >= 15 is 0 Å². The minimum Gasteiger partial charge on any atom is -0.506 e. The Morgan fingerprint density at radius 3 is 3.25 bits per heavy atom. The fourth-order valence-corrected chi connectivity index (χ4v) is 1.79. The lowest BCUT2D eigenvalue weighted by Crippen LogP contribution is -2.12. The van der Waals surface area contributed by atoms with Crippen LogP contribution in [0.4, 0.5) is 0 Å². The normalized spacial score (nSPS) is 21.9. The van der Waals surface area contributed by atoms with Gasteiger partial charge in [-0.05, 0) is 36.8 Å². The molecule has 1 N–H and O–H groups in total. The number of aromatic hydroxyl groups is 1. The highest BCUT2D eigenvalue weighted by Crippen LogP contribution is 2.25. The van der Waals surface area contributed by atoms with Gasteiger partial charge >= 0.3 is 0 Å². The predicted molar refractivity (Wildman–Crippen MR) is 47.1 cm³/mol. The summed E-state index contributed by atoms with van der Waals surface area (Å²) in [7, 11) is 0. The molecule has 1 aromatic heterocycles. The molecule has 0 aromatic carbocycles. The molecule has 0 aliphatic heterocycles. The molecule has 0 unspecified atom stereocenters. The van der Waals surface area contributed by atoms with Gasteiger partial charge in [0.05, 0.1) is 6.20 Å². The molecule has 0 saturated carbocycles. The summed E-state index contributed by atoms with van der Waals surface area (Å²) in [6.07, 6.45) is 4.90. The van der Waals surface area contributed by atoms with E-state index in [1.807, 2.05) is 6.07 Å². The lowest BCUT2D eigenvalue weighted by molar-refractivity contribution is 0.459. The van der Waals surface area contributed by atoms with Crippen LogP contribution in [0.25, 0.3) is 0 Å². The van der Waals surface area contributed by atoms with Crippen LogP contribution >= 0.6 is 0 Å². The molecular weight excluding hydrogens is 150 g/mol. The molecular formula is C10H13NO. The minimum absolute atomic E-state index is 0.294. The van der Waals surface area contributed by atoms with E-state index in [1.54, 1.807) is 0 Å². The van der Waals surface area contributed by atoms with Crippen molar-refractivity contribution in [1.29, 1.82) is 0 Å². The zero-order valence-electron chi connectivity index (χ0n) is 7.25. The van der Waals surface area contributed by atoms with Gasteiger partial charge in [-0.3, -0.25) is 4.98 Å². The summed E-state index contributed by atoms with van der Waals surface area (Å²) in [5.74, 6) is 1.03. The molecule has 1 heterocycles. The van der Waals surface area contributed by atoms with Gasteiger partial charge in [-0.2, -0.15) is 0 Å². The Hall–Kier alpha value is -1.05. The van der Waals surface area contributed by atoms with Crippen molar-refractivity contribution in [3.05, 3.63) is 23.5 Å². The smallest absolute Gasteiger partial charge is 0.134 e. The Morgan fingerprint density at radius 2 is 2.42 bits per heavy atom. The number of hydrogen-bond acceptors (Lipinski definition) is 2. The molecule has 2 heteroatoms. The van der Waals surface area contributed by atoms with Gasteiger partial charge in [0, 0.05) is 5.69 Å². The van der Waals surface area contributed by atoms with Crippen LogP contribution < -0.4 is 0 Å². The third-order valence-electron chi connectivity index (χ3n) is 2.49. The van der Waals surface area contributed by atoms with Gasteiger partial charge in [-0.25, -0.2) is 0 Å². The van der Waals surface area contributed by atoms with Gasteiger partial charge < -0.3 is 5.11 Å². The maximum atomic E-state index is 9.21. The van der Waals surface area contributed by atoms with Crippen molar-refractivity contribution in [2.75, 3.05) is 0 Å². The first-order valence-corrected chi connectivity index (χ1v) is 4.42. The van der Waals surface area contributed by atoms with E-state index < -0.39 is 0 Å². The summed E-state index contributed by atoms with van der Waals surface area (Å²) < 4.78 is 0. The lowest BCUT2D eigenvalue weighted by Gasteiger charge is -2.19. The summed E-state index contributed by atoms with van der Waals surface area (Å²) in [4.78, 5) is 4.20. The Bertz CT molecular complexity index is 296. The van der Waals surface area contributed by atoms with Gasteiger partial charge in [0.1, 0.15) is 5.75 Å². The molecule has 2 nitrogen and oxygen atoms in total. The van der Waals surface area contributed by atoms with Crippen LogP contribution in [0.5, 0.6) is 5.75 Å². The molecule has 64 valence electrons. The molecule has 0 spiro atoms. The van der Waals surface area contributed by atoms with E-state index in [4.69, 9.17) is 0 Å². The molecule has 0 bridgehead atoms. The second-order valence-corrected chi connectivity index (χ2v) is 3.65. The van der Waals surface area contributed by atoms with E-state index in [2.05, 4.69) is 11.9 Å². The number of rotatable bonds is 0. The van der Waals surface area contributed by atoms with Gasteiger partial charge in [0.2, 0.25) is 0 Å². The molecule has 1 aliphatic rings. The minimum atomic E-state index is 0.294. The second kappa shape index (κ2) is 2.77. The maximum absolute atomic E-state index is 9.21. The SMILES string of the molecule is C[C@H]1CCc2ncc(O)cc2C1. The summed E-state index contributed by atoms with van der Waals surface area (Å²) in [6.45, 7) is 2.24. The van der Waals surface area contributed by atoms with Crippen molar-refractivity contribution in [3.63, 3.8) is 0 Å². The topological polar surface area (TPSA) is 33.1 Å². The second-order valence-electron chi connectivity index (χ2n) is 3.65. The van der Waals surface area contributed by atoms with E-state index in [-0.39, 0.29) is 0 Å². The highest BCUT2D eigenvalue weighted by atomic mass is 16.3. The van der Waals surface area contributed by atoms with Crippen molar-refractivity contribution in [2.45, 2.75) is 26.2 Å². The van der Waals surface area contributed by atoms with E-state index in [0.717, 1.165) is 18.8 Å². The Balaban J connectivity index is 2.37. The Morgan fingerprint density at radius 1 is 1.58 bits per heavy atom. The highest BCUT2D eigenvalue weighted by molar-refractivity contribution is 5.30. The van der Waals surface area contributed by atoms with E-state index in [9.17, 15) is 5.11 Å². The maximum Gasteiger partial charge on any atom is 0.134 e. The van der Waals surface area contributed by atoms with Crippen molar-refractivity contribution < 1.29 is 5.11 Å². The average molecular weight is 163 g/mol. The molecule has 1 aromatic rings. The van der Waals surface area contributed by atoms with Gasteiger partial charge in [0.25, 0.3) is 0 Å². The first-order chi connectivity index (χ1) is 5.75. The Kier molecular flexibility index (Phi) is 1.75. The zero-order valence-corrected chi connectivity index (χ0v) is 7.25. The van der Waals surface area contributed by atoms with Crippen LogP contribution in [0.2, 0.25) is 0 Å². The molecule has 1 atom stereocenters. The lowest BCUT2D eigenvalue weighted by atomic mass is 9.88. The van der Waals surface area contributed by atoms with Crippen molar-refractivity contribution in [3.8, 4) is 5.75 Å². The first kappa shape index (κ1) is 7.59. The number of aromatic nitrogens is 1. The largest absolute Gasteiger partial charge is 0.506 e. The van der Waals surface area contributed by atoms with Crippen molar-refractivity contribution in [1.82, 2.24) is 4.98 Å². The summed E-state index contributed by atoms with van der Waals surface area (Å²) in [5.41, 5.74) is 2.40. The van der Waals surface area contributed by atoms with Crippen molar-refractivity contribution >= 4 is 0 Å². The fourth-order valence-electron chi connectivity index (χ4n) is 1.79. The summed E-state index contributed by atoms with van der Waals surface area (Å²) >= 11 is 0. The summed E-state index contributed by atoms with van der Waals surface area (Å²) in [6, 6.07) is 1.85. The van der Waals surface area contributed by atoms with Crippen LogP contribution in [0, 0.1) is 5.92 Å². The molecule has 0 radical (unpaired) electrons. The standard InChI is InChI=1S/C10H13NO/c1-7-2-3-10-8(4-7)5-9(12)6-11-10/h5-7,12H,2-4H2,1H3/t7-/m0/s1. The van der Waals surface area contributed by atoms with Crippen LogP contribution in [-0.4, -0.2) is 10.1 Å². The number of pyridine rings is 1. The fraction of sp³-hybridized carbons (Fsp3) is 0.500. The number of fused-ring (bicyclic) bond motifs is 1. The number of nitrogens with zero attached hydrogens (tertiary/aromatic N) is 1. The van der Waals surface area contributed by atoms with Gasteiger partial charge in [-0.15, -0.1) is 0 Å². The molecule has 12 heavy (non-hydrogen) atoms. The first-order valence-electron chi connectivity index (χ1n) is 4.42. The zero-order chi connectivity index (χ0) is 8.55. The predicted octanol–water partition coefficient (Wildman–Crippen LogP) is 1.91. The van der Waals surface area contributed by atoms with Crippen LogP contribution in [0.15, 0.2) is 12.3 Å². The number of hydrogen-bond donors (Lipinski definition) is 1. The van der Waals surface area contributed by atoms with Gasteiger partial charge in [-0.1, -0.05) is 6.92 Å². The van der Waals surface area contributed by atoms with Crippen molar-refractivity contribution in [2.24, 2.45) is 5.92 Å². The van der Waals surface area contributed by atoms with Crippen LogP contribution in [0.1, 0.15) is 24.6 Å². The average Bonchev–Trinajstić information content (AvgIpc) is 2.03. The van der Waals surface area contributed by atoms with E-state index in [0.29, 0.717) is 5.75 Å². The molecule has 1 aliphatic carbocycles. The molecule has 0 amide bonds. The quantitative estimate of drug-likeness (QED) is 0.633. The molecule has 0 saturated heterocycles. The number of aryl methyl sites for hydroxylation is 1. The molecule has 2 rings (SSSR count). The molecule has 0 fully saturated rings. The Labute approximate surface area is 72.3 Å².